The van der Waals surface area contributed by atoms with Gasteiger partial charge in [-0.05, 0) is 55.7 Å². The van der Waals surface area contributed by atoms with Gasteiger partial charge in [-0.1, -0.05) is 6.58 Å². The van der Waals surface area contributed by atoms with E-state index in [0.29, 0.717) is 23.5 Å². The molecule has 0 bridgehead atoms. The highest BCUT2D eigenvalue weighted by Crippen LogP contribution is 2.36. The lowest BCUT2D eigenvalue weighted by atomic mass is 9.99. The minimum absolute atomic E-state index is 0.0799. The maximum Gasteiger partial charge on any atom is 0.257 e. The molecule has 146 valence electrons. The van der Waals surface area contributed by atoms with E-state index in [4.69, 9.17) is 0 Å². The van der Waals surface area contributed by atoms with Gasteiger partial charge in [0, 0.05) is 46.7 Å². The first-order valence-corrected chi connectivity index (χ1v) is 10.1. The van der Waals surface area contributed by atoms with Crippen LogP contribution in [0.2, 0.25) is 0 Å². The molecule has 0 radical (unpaired) electrons. The van der Waals surface area contributed by atoms with Crippen LogP contribution in [0, 0.1) is 13.8 Å². The summed E-state index contributed by atoms with van der Waals surface area (Å²) in [6.45, 7) is 8.02. The van der Waals surface area contributed by atoms with Crippen LogP contribution in [-0.4, -0.2) is 21.8 Å². The summed E-state index contributed by atoms with van der Waals surface area (Å²) < 4.78 is 0. The Balaban J connectivity index is 1.60. The largest absolute Gasteiger partial charge is 0.298 e. The van der Waals surface area contributed by atoms with Crippen LogP contribution >= 0.6 is 11.3 Å². The number of carbonyl (C=O) groups excluding carboxylic acids is 2. The van der Waals surface area contributed by atoms with Gasteiger partial charge in [0.15, 0.2) is 5.13 Å². The number of hydrogen-bond acceptors (Lipinski definition) is 5. The number of pyridine rings is 1. The number of benzene rings is 1. The topological polar surface area (TPSA) is 75.2 Å². The standard InChI is InChI=1S/C22H20N4O2S/c1-13-10-17(26-15(3)4-5-19(26)27)11-14(2)20(13)18-12-29-22(24-18)25-21(28)16-6-8-23-9-7-16/h6-12H,3-5H2,1-2H3,(H,24,25,28). The second-order valence-electron chi connectivity index (χ2n) is 6.98. The molecule has 0 atom stereocenters. The molecule has 0 unspecified atom stereocenters. The summed E-state index contributed by atoms with van der Waals surface area (Å²) in [5, 5.41) is 5.29. The van der Waals surface area contributed by atoms with Crippen LogP contribution in [0.5, 0.6) is 0 Å². The van der Waals surface area contributed by atoms with Crippen LogP contribution in [-0.2, 0) is 4.79 Å². The maximum atomic E-state index is 12.3. The molecule has 0 aliphatic carbocycles. The molecule has 7 heteroatoms. The molecule has 0 saturated carbocycles. The van der Waals surface area contributed by atoms with Crippen molar-refractivity contribution in [3.05, 3.63) is 71.0 Å². The van der Waals surface area contributed by atoms with Crippen LogP contribution in [0.4, 0.5) is 10.8 Å². The van der Waals surface area contributed by atoms with E-state index in [1.165, 1.54) is 11.3 Å². The van der Waals surface area contributed by atoms with Crippen molar-refractivity contribution in [2.24, 2.45) is 0 Å². The third-order valence-corrected chi connectivity index (χ3v) is 5.65. The molecule has 4 rings (SSSR count). The highest BCUT2D eigenvalue weighted by Gasteiger charge is 2.26. The molecule has 1 N–H and O–H groups in total. The molecule has 1 saturated heterocycles. The molecule has 6 nitrogen and oxygen atoms in total. The van der Waals surface area contributed by atoms with Gasteiger partial charge in [-0.3, -0.25) is 24.8 Å². The average Bonchev–Trinajstić information content (AvgIpc) is 3.28. The number of carbonyl (C=O) groups is 2. The van der Waals surface area contributed by atoms with Crippen molar-refractivity contribution in [3.8, 4) is 11.3 Å². The number of amides is 2. The fraction of sp³-hybridized carbons (Fsp3) is 0.182. The summed E-state index contributed by atoms with van der Waals surface area (Å²) in [6.07, 6.45) is 4.36. The van der Waals surface area contributed by atoms with Crippen LogP contribution in [0.1, 0.15) is 34.3 Å². The lowest BCUT2D eigenvalue weighted by Crippen LogP contribution is -2.22. The van der Waals surface area contributed by atoms with Gasteiger partial charge >= 0.3 is 0 Å². The molecule has 1 fully saturated rings. The number of hydrogen-bond donors (Lipinski definition) is 1. The fourth-order valence-electron chi connectivity index (χ4n) is 3.57. The van der Waals surface area contributed by atoms with Crippen LogP contribution < -0.4 is 10.2 Å². The van der Waals surface area contributed by atoms with E-state index in [2.05, 4.69) is 21.9 Å². The van der Waals surface area contributed by atoms with E-state index in [-0.39, 0.29) is 11.8 Å². The molecule has 1 aromatic carbocycles. The molecule has 1 aliphatic heterocycles. The zero-order valence-corrected chi connectivity index (χ0v) is 17.0. The van der Waals surface area contributed by atoms with Crippen molar-refractivity contribution in [3.63, 3.8) is 0 Å². The van der Waals surface area contributed by atoms with Gasteiger partial charge in [-0.2, -0.15) is 0 Å². The molecule has 3 aromatic rings. The van der Waals surface area contributed by atoms with Crippen molar-refractivity contribution >= 4 is 34.0 Å². The van der Waals surface area contributed by atoms with Gasteiger partial charge in [0.25, 0.3) is 5.91 Å². The minimum Gasteiger partial charge on any atom is -0.298 e. The maximum absolute atomic E-state index is 12.3. The van der Waals surface area contributed by atoms with Crippen LogP contribution in [0.15, 0.2) is 54.3 Å². The van der Waals surface area contributed by atoms with Gasteiger partial charge < -0.3 is 0 Å². The highest BCUT2D eigenvalue weighted by atomic mass is 32.1. The van der Waals surface area contributed by atoms with Crippen molar-refractivity contribution in [1.29, 1.82) is 0 Å². The lowest BCUT2D eigenvalue weighted by Gasteiger charge is -2.20. The monoisotopic (exact) mass is 404 g/mol. The number of nitrogens with zero attached hydrogens (tertiary/aromatic N) is 3. The number of nitrogens with one attached hydrogen (secondary N) is 1. The SMILES string of the molecule is C=C1CCC(=O)N1c1cc(C)c(-c2csc(NC(=O)c3ccncc3)n2)c(C)c1. The van der Waals surface area contributed by atoms with Crippen LogP contribution in [0.3, 0.4) is 0 Å². The second kappa shape index (κ2) is 7.60. The first-order valence-electron chi connectivity index (χ1n) is 9.23. The zero-order valence-electron chi connectivity index (χ0n) is 16.2. The second-order valence-corrected chi connectivity index (χ2v) is 7.84. The van der Waals surface area contributed by atoms with E-state index >= 15 is 0 Å². The van der Waals surface area contributed by atoms with Crippen LogP contribution in [0.25, 0.3) is 11.3 Å². The van der Waals surface area contributed by atoms with Crippen molar-refractivity contribution in [2.75, 3.05) is 10.2 Å². The predicted molar refractivity (Wildman–Crippen MR) is 115 cm³/mol. The number of aromatic nitrogens is 2. The van der Waals surface area contributed by atoms with Crippen molar-refractivity contribution in [2.45, 2.75) is 26.7 Å². The molecule has 1 aliphatic rings. The molecule has 2 amide bonds. The Bertz CT molecular complexity index is 1080. The number of anilines is 2. The summed E-state index contributed by atoms with van der Waals surface area (Å²) in [4.78, 5) is 34.7. The summed E-state index contributed by atoms with van der Waals surface area (Å²) in [6, 6.07) is 7.30. The minimum atomic E-state index is -0.219. The van der Waals surface area contributed by atoms with E-state index in [9.17, 15) is 9.59 Å². The summed E-state index contributed by atoms with van der Waals surface area (Å²) in [5.41, 5.74) is 6.05. The Morgan fingerprint density at radius 1 is 1.17 bits per heavy atom. The number of thiazole rings is 1. The first kappa shape index (κ1) is 19.0. The van der Waals surface area contributed by atoms with Gasteiger partial charge in [-0.25, -0.2) is 4.98 Å². The molecular formula is C22H20N4O2S. The quantitative estimate of drug-likeness (QED) is 0.683. The van der Waals surface area contributed by atoms with E-state index < -0.39 is 0 Å². The molecule has 29 heavy (non-hydrogen) atoms. The predicted octanol–water partition coefficient (Wildman–Crippen LogP) is 4.71. The molecular weight excluding hydrogens is 384 g/mol. The third kappa shape index (κ3) is 3.69. The van der Waals surface area contributed by atoms with E-state index in [0.717, 1.165) is 33.8 Å². The Morgan fingerprint density at radius 3 is 2.48 bits per heavy atom. The van der Waals surface area contributed by atoms with Gasteiger partial charge in [0.2, 0.25) is 5.91 Å². The van der Waals surface area contributed by atoms with Gasteiger partial charge in [0.1, 0.15) is 0 Å². The Hall–Kier alpha value is -3.32. The van der Waals surface area contributed by atoms with E-state index in [1.807, 2.05) is 31.4 Å². The molecule has 2 aromatic heterocycles. The smallest absolute Gasteiger partial charge is 0.257 e. The molecule has 3 heterocycles. The normalized spacial score (nSPS) is 13.8. The first-order chi connectivity index (χ1) is 13.9. The molecule has 0 spiro atoms. The summed E-state index contributed by atoms with van der Waals surface area (Å²) in [7, 11) is 0. The van der Waals surface area contributed by atoms with Gasteiger partial charge in [0.05, 0.1) is 5.69 Å². The third-order valence-electron chi connectivity index (χ3n) is 4.89. The average molecular weight is 404 g/mol. The Kier molecular flexibility index (Phi) is 4.98. The lowest BCUT2D eigenvalue weighted by molar-refractivity contribution is -0.116. The zero-order chi connectivity index (χ0) is 20.5. The number of rotatable bonds is 4. The van der Waals surface area contributed by atoms with Crippen molar-refractivity contribution < 1.29 is 9.59 Å². The fourth-order valence-corrected chi connectivity index (χ4v) is 4.27. The highest BCUT2D eigenvalue weighted by molar-refractivity contribution is 7.14. The Morgan fingerprint density at radius 2 is 1.86 bits per heavy atom. The van der Waals surface area contributed by atoms with E-state index in [1.54, 1.807) is 29.4 Å². The Labute approximate surface area is 172 Å². The summed E-state index contributed by atoms with van der Waals surface area (Å²) >= 11 is 1.38. The van der Waals surface area contributed by atoms with Crippen molar-refractivity contribution in [1.82, 2.24) is 9.97 Å². The number of aryl methyl sites for hydroxylation is 2. The van der Waals surface area contributed by atoms with Gasteiger partial charge in [-0.15, -0.1) is 11.3 Å². The number of allylic oxidation sites excluding steroid dienone is 1. The summed E-state index contributed by atoms with van der Waals surface area (Å²) in [5.74, 6) is -0.139.